The van der Waals surface area contributed by atoms with Crippen LogP contribution >= 0.6 is 0 Å². The van der Waals surface area contributed by atoms with Crippen molar-refractivity contribution in [3.8, 4) is 17.2 Å². The molecule has 4 N–H and O–H groups in total. The maximum atomic E-state index is 12.3. The van der Waals surface area contributed by atoms with Crippen LogP contribution in [0, 0.1) is 0 Å². The van der Waals surface area contributed by atoms with E-state index in [-0.39, 0.29) is 22.8 Å². The fourth-order valence-electron chi connectivity index (χ4n) is 2.49. The Morgan fingerprint density at radius 1 is 0.880 bits per heavy atom. The van der Waals surface area contributed by atoms with Crippen molar-refractivity contribution in [2.75, 3.05) is 0 Å². The summed E-state index contributed by atoms with van der Waals surface area (Å²) in [6.07, 6.45) is 0. The lowest BCUT2D eigenvalue weighted by molar-refractivity contribution is 0.0952. The Hall–Kier alpha value is -3.54. The average molecular weight is 336 g/mol. The van der Waals surface area contributed by atoms with Crippen molar-refractivity contribution in [1.82, 2.24) is 5.43 Å². The number of rotatable bonds is 3. The number of amides is 1. The third-order valence-electron chi connectivity index (χ3n) is 3.80. The highest BCUT2D eigenvalue weighted by atomic mass is 16.3. The van der Waals surface area contributed by atoms with Crippen LogP contribution in [0.25, 0.3) is 10.8 Å². The van der Waals surface area contributed by atoms with Crippen LogP contribution in [0.4, 0.5) is 0 Å². The van der Waals surface area contributed by atoms with Gasteiger partial charge in [-0.15, -0.1) is 0 Å². The molecule has 0 radical (unpaired) electrons. The molecule has 1 amide bonds. The number of aromatic hydroxyl groups is 3. The van der Waals surface area contributed by atoms with Crippen molar-refractivity contribution in [1.29, 1.82) is 0 Å². The van der Waals surface area contributed by atoms with Gasteiger partial charge >= 0.3 is 0 Å². The molecule has 0 saturated carbocycles. The van der Waals surface area contributed by atoms with Crippen LogP contribution in [0.15, 0.2) is 59.7 Å². The van der Waals surface area contributed by atoms with E-state index in [1.54, 1.807) is 13.0 Å². The van der Waals surface area contributed by atoms with Gasteiger partial charge in [-0.2, -0.15) is 5.10 Å². The molecular weight excluding hydrogens is 320 g/mol. The molecule has 0 unspecified atom stereocenters. The molecule has 3 aromatic carbocycles. The molecule has 6 nitrogen and oxygen atoms in total. The number of nitrogens with zero attached hydrogens (tertiary/aromatic N) is 1. The van der Waals surface area contributed by atoms with Crippen molar-refractivity contribution in [3.63, 3.8) is 0 Å². The minimum atomic E-state index is -0.569. The van der Waals surface area contributed by atoms with Crippen molar-refractivity contribution >= 4 is 22.4 Å². The van der Waals surface area contributed by atoms with Gasteiger partial charge in [-0.25, -0.2) is 5.43 Å². The van der Waals surface area contributed by atoms with E-state index < -0.39 is 5.91 Å². The summed E-state index contributed by atoms with van der Waals surface area (Å²) in [6, 6.07) is 14.6. The van der Waals surface area contributed by atoms with Gasteiger partial charge in [0.2, 0.25) is 0 Å². The standard InChI is InChI=1S/C19H16N2O4/c1-11(15-7-6-14(22)10-18(15)24)20-21-19(25)16-8-12-4-2-3-5-13(12)9-17(16)23/h2-10,22-24H,1H3,(H,21,25)/b20-11+. The number of fused-ring (bicyclic) bond motifs is 1. The van der Waals surface area contributed by atoms with E-state index in [9.17, 15) is 20.1 Å². The quantitative estimate of drug-likeness (QED) is 0.436. The van der Waals surface area contributed by atoms with Crippen LogP contribution in [0.1, 0.15) is 22.8 Å². The van der Waals surface area contributed by atoms with Crippen LogP contribution in [0.3, 0.4) is 0 Å². The Balaban J connectivity index is 1.85. The first-order valence-corrected chi connectivity index (χ1v) is 7.54. The highest BCUT2D eigenvalue weighted by Gasteiger charge is 2.13. The van der Waals surface area contributed by atoms with E-state index in [1.807, 2.05) is 24.3 Å². The molecule has 6 heteroatoms. The number of hydrogen-bond donors (Lipinski definition) is 4. The van der Waals surface area contributed by atoms with Gasteiger partial charge in [-0.3, -0.25) is 4.79 Å². The lowest BCUT2D eigenvalue weighted by Gasteiger charge is -2.08. The number of carbonyl (C=O) groups is 1. The molecule has 0 aliphatic rings. The van der Waals surface area contributed by atoms with Crippen LogP contribution in [0.5, 0.6) is 17.2 Å². The summed E-state index contributed by atoms with van der Waals surface area (Å²) >= 11 is 0. The second kappa shape index (κ2) is 6.52. The summed E-state index contributed by atoms with van der Waals surface area (Å²) in [7, 11) is 0. The summed E-state index contributed by atoms with van der Waals surface area (Å²) in [5.74, 6) is -0.930. The minimum absolute atomic E-state index is 0.0702. The largest absolute Gasteiger partial charge is 0.508 e. The normalized spacial score (nSPS) is 11.5. The summed E-state index contributed by atoms with van der Waals surface area (Å²) in [5.41, 5.74) is 3.19. The Morgan fingerprint density at radius 2 is 1.52 bits per heavy atom. The summed E-state index contributed by atoms with van der Waals surface area (Å²) in [6.45, 7) is 1.60. The molecule has 0 aliphatic carbocycles. The van der Waals surface area contributed by atoms with E-state index in [1.165, 1.54) is 24.3 Å². The van der Waals surface area contributed by atoms with Gasteiger partial charge in [-0.05, 0) is 42.0 Å². The molecule has 0 spiro atoms. The minimum Gasteiger partial charge on any atom is -0.508 e. The van der Waals surface area contributed by atoms with E-state index in [2.05, 4.69) is 10.5 Å². The second-order valence-corrected chi connectivity index (χ2v) is 5.56. The van der Waals surface area contributed by atoms with Crippen molar-refractivity contribution in [3.05, 3.63) is 65.7 Å². The lowest BCUT2D eigenvalue weighted by atomic mass is 10.1. The molecule has 0 saturated heterocycles. The topological polar surface area (TPSA) is 102 Å². The molecule has 25 heavy (non-hydrogen) atoms. The Labute approximate surface area is 143 Å². The van der Waals surface area contributed by atoms with Crippen LogP contribution in [-0.2, 0) is 0 Å². The first-order valence-electron chi connectivity index (χ1n) is 7.54. The van der Waals surface area contributed by atoms with Gasteiger partial charge in [0.05, 0.1) is 11.3 Å². The zero-order valence-corrected chi connectivity index (χ0v) is 13.4. The van der Waals surface area contributed by atoms with Crippen molar-refractivity contribution < 1.29 is 20.1 Å². The SMILES string of the molecule is C/C(=N\NC(=O)c1cc2ccccc2cc1O)c1ccc(O)cc1O. The number of carbonyl (C=O) groups excluding carboxylic acids is 1. The van der Waals surface area contributed by atoms with Gasteiger partial charge < -0.3 is 15.3 Å². The van der Waals surface area contributed by atoms with Gasteiger partial charge in [0.15, 0.2) is 0 Å². The van der Waals surface area contributed by atoms with Crippen molar-refractivity contribution in [2.45, 2.75) is 6.92 Å². The van der Waals surface area contributed by atoms with Gasteiger partial charge in [0.1, 0.15) is 17.2 Å². The summed E-state index contributed by atoms with van der Waals surface area (Å²) < 4.78 is 0. The third kappa shape index (κ3) is 3.37. The maximum absolute atomic E-state index is 12.3. The monoisotopic (exact) mass is 336 g/mol. The van der Waals surface area contributed by atoms with Gasteiger partial charge in [0, 0.05) is 11.6 Å². The molecule has 0 atom stereocenters. The molecule has 0 bridgehead atoms. The fraction of sp³-hybridized carbons (Fsp3) is 0.0526. The third-order valence-corrected chi connectivity index (χ3v) is 3.80. The van der Waals surface area contributed by atoms with Gasteiger partial charge in [0.25, 0.3) is 5.91 Å². The van der Waals surface area contributed by atoms with Crippen LogP contribution < -0.4 is 5.43 Å². The first kappa shape index (κ1) is 16.3. The zero-order chi connectivity index (χ0) is 18.0. The predicted molar refractivity (Wildman–Crippen MR) is 95.1 cm³/mol. The number of phenols is 3. The van der Waals surface area contributed by atoms with E-state index in [4.69, 9.17) is 0 Å². The van der Waals surface area contributed by atoms with E-state index >= 15 is 0 Å². The first-order chi connectivity index (χ1) is 12.0. The van der Waals surface area contributed by atoms with Crippen LogP contribution in [-0.4, -0.2) is 26.9 Å². The van der Waals surface area contributed by atoms with E-state index in [0.717, 1.165) is 10.8 Å². The maximum Gasteiger partial charge on any atom is 0.275 e. The Kier molecular flexibility index (Phi) is 4.26. The number of benzene rings is 3. The summed E-state index contributed by atoms with van der Waals surface area (Å²) in [5, 5.41) is 34.8. The smallest absolute Gasteiger partial charge is 0.275 e. The lowest BCUT2D eigenvalue weighted by Crippen LogP contribution is -2.19. The summed E-state index contributed by atoms with van der Waals surface area (Å²) in [4.78, 5) is 12.3. The number of hydrogen-bond acceptors (Lipinski definition) is 5. The zero-order valence-electron chi connectivity index (χ0n) is 13.4. The highest BCUT2D eigenvalue weighted by molar-refractivity contribution is 6.04. The Bertz CT molecular complexity index is 996. The molecule has 0 aromatic heterocycles. The predicted octanol–water partition coefficient (Wildman–Crippen LogP) is 3.11. The van der Waals surface area contributed by atoms with Crippen LogP contribution in [0.2, 0.25) is 0 Å². The number of nitrogens with one attached hydrogen (secondary N) is 1. The molecule has 0 aliphatic heterocycles. The molecule has 3 aromatic rings. The fourth-order valence-corrected chi connectivity index (χ4v) is 2.49. The second-order valence-electron chi connectivity index (χ2n) is 5.56. The van der Waals surface area contributed by atoms with E-state index in [0.29, 0.717) is 11.3 Å². The Morgan fingerprint density at radius 3 is 2.20 bits per heavy atom. The molecular formula is C19H16N2O4. The highest BCUT2D eigenvalue weighted by Crippen LogP contribution is 2.25. The molecule has 0 fully saturated rings. The van der Waals surface area contributed by atoms with Crippen molar-refractivity contribution in [2.24, 2.45) is 5.10 Å². The number of phenolic OH excluding ortho intramolecular Hbond substituents is 3. The number of hydrazone groups is 1. The molecule has 3 rings (SSSR count). The average Bonchev–Trinajstić information content (AvgIpc) is 2.58. The van der Waals surface area contributed by atoms with Gasteiger partial charge in [-0.1, -0.05) is 24.3 Å². The molecule has 0 heterocycles. The molecule has 126 valence electrons.